The van der Waals surface area contributed by atoms with Gasteiger partial charge in [0, 0.05) is 24.9 Å². The Bertz CT molecular complexity index is 1200. The molecule has 7 heteroatoms. The molecule has 0 saturated heterocycles. The van der Waals surface area contributed by atoms with Crippen molar-refractivity contribution >= 4 is 23.2 Å². The number of amides is 2. The summed E-state index contributed by atoms with van der Waals surface area (Å²) in [6.07, 6.45) is 2.92. The zero-order valence-electron chi connectivity index (χ0n) is 19.5. The van der Waals surface area contributed by atoms with Gasteiger partial charge in [-0.3, -0.25) is 9.59 Å². The molecule has 176 valence electrons. The number of nitrogens with one attached hydrogen (secondary N) is 1. The maximum atomic E-state index is 12.8. The highest BCUT2D eigenvalue weighted by Crippen LogP contribution is 2.38. The molecule has 0 radical (unpaired) electrons. The lowest BCUT2D eigenvalue weighted by Gasteiger charge is -2.38. The van der Waals surface area contributed by atoms with Crippen LogP contribution in [-0.2, 0) is 17.8 Å². The molecule has 1 atom stereocenters. The topological polar surface area (TPSA) is 71.5 Å². The lowest BCUT2D eigenvalue weighted by atomic mass is 9.87. The maximum Gasteiger partial charge on any atom is 0.271 e. The maximum absolute atomic E-state index is 12.8. The number of nitrogens with zero attached hydrogens (tertiary/aromatic N) is 2. The van der Waals surface area contributed by atoms with Crippen molar-refractivity contribution in [3.63, 3.8) is 0 Å². The summed E-state index contributed by atoms with van der Waals surface area (Å²) in [6, 6.07) is 14.3. The van der Waals surface area contributed by atoms with Gasteiger partial charge in [-0.2, -0.15) is 0 Å². The minimum atomic E-state index is -0.224. The van der Waals surface area contributed by atoms with Gasteiger partial charge >= 0.3 is 0 Å². The second-order valence-electron chi connectivity index (χ2n) is 8.28. The van der Waals surface area contributed by atoms with E-state index in [9.17, 15) is 9.59 Å². The predicted octanol–water partition coefficient (Wildman–Crippen LogP) is 4.83. The number of ether oxygens (including phenoxy) is 1. The van der Waals surface area contributed by atoms with Crippen LogP contribution in [0.1, 0.15) is 57.1 Å². The fourth-order valence-electron chi connectivity index (χ4n) is 4.24. The predicted molar refractivity (Wildman–Crippen MR) is 134 cm³/mol. The van der Waals surface area contributed by atoms with Crippen LogP contribution in [0.3, 0.4) is 0 Å². The molecule has 1 N–H and O–H groups in total. The molecule has 0 aliphatic carbocycles. The van der Waals surface area contributed by atoms with E-state index in [4.69, 9.17) is 4.74 Å². The summed E-state index contributed by atoms with van der Waals surface area (Å²) in [5.41, 5.74) is 4.98. The van der Waals surface area contributed by atoms with Crippen molar-refractivity contribution < 1.29 is 14.3 Å². The van der Waals surface area contributed by atoms with Gasteiger partial charge < -0.3 is 15.0 Å². The lowest BCUT2D eigenvalue weighted by molar-refractivity contribution is -0.132. The van der Waals surface area contributed by atoms with Gasteiger partial charge in [-0.25, -0.2) is 4.98 Å². The van der Waals surface area contributed by atoms with Gasteiger partial charge in [-0.15, -0.1) is 17.9 Å². The molecule has 1 unspecified atom stereocenters. The number of thiazole rings is 1. The van der Waals surface area contributed by atoms with Crippen LogP contribution in [-0.4, -0.2) is 34.8 Å². The van der Waals surface area contributed by atoms with Crippen LogP contribution in [0, 0.1) is 6.92 Å². The Balaban J connectivity index is 1.57. The van der Waals surface area contributed by atoms with Gasteiger partial charge in [-0.05, 0) is 42.2 Å². The normalized spacial score (nSPS) is 14.9. The number of carbonyl (C=O) groups is 2. The molecule has 34 heavy (non-hydrogen) atoms. The Morgan fingerprint density at radius 1 is 1.29 bits per heavy atom. The zero-order chi connectivity index (χ0) is 24.1. The molecule has 0 saturated carbocycles. The monoisotopic (exact) mass is 475 g/mol. The van der Waals surface area contributed by atoms with E-state index in [2.05, 4.69) is 48.1 Å². The highest BCUT2D eigenvalue weighted by atomic mass is 32.1. The molecule has 1 aromatic heterocycles. The van der Waals surface area contributed by atoms with Crippen molar-refractivity contribution in [2.45, 2.75) is 39.3 Å². The Kier molecular flexibility index (Phi) is 7.43. The van der Waals surface area contributed by atoms with Gasteiger partial charge in [0.05, 0.1) is 6.04 Å². The number of hydrogen-bond donors (Lipinski definition) is 1. The third-order valence-electron chi connectivity index (χ3n) is 5.88. The molecule has 2 heterocycles. The quantitative estimate of drug-likeness (QED) is 0.474. The average molecular weight is 476 g/mol. The number of carbonyl (C=O) groups excluding carboxylic acids is 2. The van der Waals surface area contributed by atoms with Crippen molar-refractivity contribution in [3.05, 3.63) is 93.5 Å². The summed E-state index contributed by atoms with van der Waals surface area (Å²) in [5, 5.41) is 5.18. The smallest absolute Gasteiger partial charge is 0.271 e. The van der Waals surface area contributed by atoms with Crippen LogP contribution in [0.25, 0.3) is 0 Å². The first-order valence-corrected chi connectivity index (χ1v) is 12.3. The molecule has 1 aliphatic rings. The van der Waals surface area contributed by atoms with Gasteiger partial charge in [0.2, 0.25) is 5.91 Å². The molecule has 3 aromatic rings. The van der Waals surface area contributed by atoms with Crippen LogP contribution in [0.2, 0.25) is 0 Å². The third-order valence-corrected chi connectivity index (χ3v) is 6.70. The Morgan fingerprint density at radius 3 is 2.91 bits per heavy atom. The van der Waals surface area contributed by atoms with E-state index in [1.165, 1.54) is 16.9 Å². The zero-order valence-corrected chi connectivity index (χ0v) is 20.4. The van der Waals surface area contributed by atoms with E-state index < -0.39 is 0 Å². The van der Waals surface area contributed by atoms with Crippen molar-refractivity contribution in [1.82, 2.24) is 15.2 Å². The summed E-state index contributed by atoms with van der Waals surface area (Å²) in [7, 11) is 0. The number of fused-ring (bicyclic) bond motifs is 1. The largest absolute Gasteiger partial charge is 0.486 e. The third kappa shape index (κ3) is 5.20. The molecule has 1 aliphatic heterocycles. The fourth-order valence-corrected chi connectivity index (χ4v) is 4.92. The molecule has 6 nitrogen and oxygen atoms in total. The highest BCUT2D eigenvalue weighted by Gasteiger charge is 2.31. The summed E-state index contributed by atoms with van der Waals surface area (Å²) < 4.78 is 6.06. The second-order valence-corrected chi connectivity index (χ2v) is 9.22. The summed E-state index contributed by atoms with van der Waals surface area (Å²) >= 11 is 1.39. The van der Waals surface area contributed by atoms with Crippen LogP contribution in [0.5, 0.6) is 5.75 Å². The first kappa shape index (κ1) is 23.7. The number of rotatable bonds is 8. The molecular weight excluding hydrogens is 446 g/mol. The van der Waals surface area contributed by atoms with E-state index in [-0.39, 0.29) is 24.5 Å². The Morgan fingerprint density at radius 2 is 2.15 bits per heavy atom. The lowest BCUT2D eigenvalue weighted by Crippen LogP contribution is -2.40. The average Bonchev–Trinajstić information content (AvgIpc) is 3.34. The Hall–Kier alpha value is -3.45. The fraction of sp³-hybridized carbons (Fsp3) is 0.296. The highest BCUT2D eigenvalue weighted by molar-refractivity contribution is 7.09. The van der Waals surface area contributed by atoms with Crippen molar-refractivity contribution in [2.75, 3.05) is 13.1 Å². The summed E-state index contributed by atoms with van der Waals surface area (Å²) in [4.78, 5) is 31.2. The van der Waals surface area contributed by atoms with E-state index in [1.807, 2.05) is 30.0 Å². The second kappa shape index (κ2) is 10.7. The molecule has 0 bridgehead atoms. The van der Waals surface area contributed by atoms with E-state index in [1.54, 1.807) is 11.5 Å². The van der Waals surface area contributed by atoms with Gasteiger partial charge in [0.1, 0.15) is 23.1 Å². The standard InChI is InChI=1S/C27H29N3O3S/c1-4-12-28-27(32)23-17-34-24(29-23)16-33-21-10-9-19-11-13-30(25(31)5-2)26(22(19)15-21)20-8-6-7-18(3)14-20/h4,6-10,14-15,17,26H,1,5,11-13,16H2,2-3H3,(H,28,32). The first-order chi connectivity index (χ1) is 16.5. The number of aryl methyl sites for hydroxylation is 1. The molecule has 0 fully saturated rings. The molecule has 2 aromatic carbocycles. The minimum Gasteiger partial charge on any atom is -0.486 e. The molecular formula is C27H29N3O3S. The Labute approximate surface area is 204 Å². The van der Waals surface area contributed by atoms with Gasteiger partial charge in [-0.1, -0.05) is 48.9 Å². The number of hydrogen-bond acceptors (Lipinski definition) is 5. The van der Waals surface area contributed by atoms with E-state index in [0.717, 1.165) is 33.9 Å². The van der Waals surface area contributed by atoms with Gasteiger partial charge in [0.15, 0.2) is 0 Å². The van der Waals surface area contributed by atoms with Crippen LogP contribution in [0.4, 0.5) is 0 Å². The van der Waals surface area contributed by atoms with Crippen molar-refractivity contribution in [3.8, 4) is 5.75 Å². The van der Waals surface area contributed by atoms with Crippen LogP contribution in [0.15, 0.2) is 60.5 Å². The van der Waals surface area contributed by atoms with Crippen molar-refractivity contribution in [2.24, 2.45) is 0 Å². The van der Waals surface area contributed by atoms with Crippen LogP contribution >= 0.6 is 11.3 Å². The molecule has 2 amide bonds. The summed E-state index contributed by atoms with van der Waals surface area (Å²) in [5.74, 6) is 0.640. The number of benzene rings is 2. The molecule has 4 rings (SSSR count). The molecule has 0 spiro atoms. The van der Waals surface area contributed by atoms with Crippen LogP contribution < -0.4 is 10.1 Å². The van der Waals surface area contributed by atoms with E-state index >= 15 is 0 Å². The minimum absolute atomic E-state index is 0.139. The summed E-state index contributed by atoms with van der Waals surface area (Å²) in [6.45, 7) is 8.95. The first-order valence-electron chi connectivity index (χ1n) is 11.4. The SMILES string of the molecule is C=CCNC(=O)c1csc(COc2ccc3c(c2)C(c2cccc(C)c2)N(C(=O)CC)CC3)n1. The van der Waals surface area contributed by atoms with E-state index in [0.29, 0.717) is 25.2 Å². The van der Waals surface area contributed by atoms with Gasteiger partial charge in [0.25, 0.3) is 5.91 Å². The van der Waals surface area contributed by atoms with Crippen molar-refractivity contribution in [1.29, 1.82) is 0 Å². The number of aromatic nitrogens is 1.